The lowest BCUT2D eigenvalue weighted by Gasteiger charge is -2.19. The van der Waals surface area contributed by atoms with E-state index in [2.05, 4.69) is 15.5 Å². The van der Waals surface area contributed by atoms with Crippen LogP contribution in [0, 0.1) is 17.8 Å². The van der Waals surface area contributed by atoms with E-state index >= 15 is 0 Å². The number of anilines is 1. The highest BCUT2D eigenvalue weighted by Crippen LogP contribution is 2.48. The van der Waals surface area contributed by atoms with Gasteiger partial charge in [0, 0.05) is 11.8 Å². The Morgan fingerprint density at radius 3 is 2.72 bits per heavy atom. The number of aromatic nitrogens is 2. The summed E-state index contributed by atoms with van der Waals surface area (Å²) in [6.07, 6.45) is 7.39. The number of nitrogens with zero attached hydrogens (tertiary/aromatic N) is 2. The van der Waals surface area contributed by atoms with E-state index in [9.17, 15) is 4.79 Å². The van der Waals surface area contributed by atoms with Gasteiger partial charge in [-0.15, -0.1) is 10.2 Å². The van der Waals surface area contributed by atoms with Crippen LogP contribution in [0.3, 0.4) is 0 Å². The predicted molar refractivity (Wildman–Crippen MR) is 69.5 cm³/mol. The summed E-state index contributed by atoms with van der Waals surface area (Å²) < 4.78 is 0. The van der Waals surface area contributed by atoms with Gasteiger partial charge < -0.3 is 5.32 Å². The fourth-order valence-corrected chi connectivity index (χ4v) is 4.46. The Balaban J connectivity index is 1.42. The zero-order valence-electron chi connectivity index (χ0n) is 10.3. The van der Waals surface area contributed by atoms with E-state index in [4.69, 9.17) is 0 Å². The first-order chi connectivity index (χ1) is 8.79. The number of fused-ring (bicyclic) bond motifs is 2. The summed E-state index contributed by atoms with van der Waals surface area (Å²) in [5.74, 6) is 2.47. The second kappa shape index (κ2) is 4.02. The quantitative estimate of drug-likeness (QED) is 0.912. The molecule has 2 bridgehead atoms. The zero-order chi connectivity index (χ0) is 12.1. The molecule has 3 aliphatic carbocycles. The maximum atomic E-state index is 12.2. The van der Waals surface area contributed by atoms with Crippen molar-refractivity contribution in [1.82, 2.24) is 10.2 Å². The van der Waals surface area contributed by atoms with Crippen molar-refractivity contribution in [3.8, 4) is 0 Å². The minimum Gasteiger partial charge on any atom is -0.300 e. The standard InChI is InChI=1S/C13H17N3OS/c17-11(10-6-7-1-2-9(10)5-7)14-13-16-15-12(18-13)8-3-4-8/h7-10H,1-6H2,(H,14,16,17)/t7-,9-,10+/m0/s1. The average molecular weight is 263 g/mol. The number of amides is 1. The number of hydrogen-bond acceptors (Lipinski definition) is 4. The maximum absolute atomic E-state index is 12.2. The van der Waals surface area contributed by atoms with Gasteiger partial charge in [0.15, 0.2) is 0 Å². The van der Waals surface area contributed by atoms with Gasteiger partial charge in [-0.2, -0.15) is 0 Å². The van der Waals surface area contributed by atoms with Gasteiger partial charge in [-0.3, -0.25) is 4.79 Å². The van der Waals surface area contributed by atoms with E-state index in [1.807, 2.05) is 0 Å². The Bertz CT molecular complexity index is 482. The Labute approximate surface area is 110 Å². The lowest BCUT2D eigenvalue weighted by atomic mass is 9.88. The van der Waals surface area contributed by atoms with Crippen molar-refractivity contribution in [1.29, 1.82) is 0 Å². The van der Waals surface area contributed by atoms with Crippen molar-refractivity contribution in [2.75, 3.05) is 5.32 Å². The van der Waals surface area contributed by atoms with E-state index in [0.717, 1.165) is 17.3 Å². The summed E-state index contributed by atoms with van der Waals surface area (Å²) in [5, 5.41) is 13.0. The minimum absolute atomic E-state index is 0.181. The van der Waals surface area contributed by atoms with Crippen LogP contribution in [-0.2, 0) is 4.79 Å². The van der Waals surface area contributed by atoms with E-state index in [0.29, 0.717) is 17.0 Å². The van der Waals surface area contributed by atoms with Gasteiger partial charge in [0.1, 0.15) is 5.01 Å². The number of hydrogen-bond donors (Lipinski definition) is 1. The molecular weight excluding hydrogens is 246 g/mol. The molecule has 3 atom stereocenters. The second-order valence-corrected chi connectivity index (χ2v) is 7.00. The van der Waals surface area contributed by atoms with Gasteiger partial charge in [-0.05, 0) is 43.9 Å². The minimum atomic E-state index is 0.181. The normalized spacial score (nSPS) is 33.9. The monoisotopic (exact) mass is 263 g/mol. The van der Waals surface area contributed by atoms with Crippen molar-refractivity contribution >= 4 is 22.4 Å². The molecule has 1 aromatic heterocycles. The molecule has 1 amide bonds. The number of nitrogens with one attached hydrogen (secondary N) is 1. The third-order valence-corrected chi connectivity index (χ3v) is 5.67. The summed E-state index contributed by atoms with van der Waals surface area (Å²) in [4.78, 5) is 12.2. The summed E-state index contributed by atoms with van der Waals surface area (Å²) in [5.41, 5.74) is 0. The molecule has 1 aromatic rings. The predicted octanol–water partition coefficient (Wildman–Crippen LogP) is 2.79. The fraction of sp³-hybridized carbons (Fsp3) is 0.769. The molecule has 96 valence electrons. The lowest BCUT2D eigenvalue weighted by Crippen LogP contribution is -2.27. The fourth-order valence-electron chi connectivity index (χ4n) is 3.54. The van der Waals surface area contributed by atoms with Crippen LogP contribution >= 0.6 is 11.3 Å². The van der Waals surface area contributed by atoms with Crippen molar-refractivity contribution in [2.45, 2.75) is 44.4 Å². The van der Waals surface area contributed by atoms with Gasteiger partial charge in [0.25, 0.3) is 0 Å². The first-order valence-corrected chi connectivity index (χ1v) is 7.75. The maximum Gasteiger partial charge on any atom is 0.229 e. The largest absolute Gasteiger partial charge is 0.300 e. The highest BCUT2D eigenvalue weighted by atomic mass is 32.1. The van der Waals surface area contributed by atoms with Gasteiger partial charge in [0.2, 0.25) is 11.0 Å². The Morgan fingerprint density at radius 1 is 1.17 bits per heavy atom. The molecule has 4 nitrogen and oxygen atoms in total. The molecule has 3 aliphatic rings. The Kier molecular flexibility index (Phi) is 2.43. The lowest BCUT2D eigenvalue weighted by molar-refractivity contribution is -0.121. The summed E-state index contributed by atoms with van der Waals surface area (Å²) in [6.45, 7) is 0. The van der Waals surface area contributed by atoms with E-state index < -0.39 is 0 Å². The Hall–Kier alpha value is -0.970. The zero-order valence-corrected chi connectivity index (χ0v) is 11.1. The van der Waals surface area contributed by atoms with Crippen LogP contribution in [0.15, 0.2) is 0 Å². The molecule has 0 radical (unpaired) electrons. The Morgan fingerprint density at radius 2 is 2.06 bits per heavy atom. The molecule has 5 heteroatoms. The third-order valence-electron chi connectivity index (χ3n) is 4.67. The third kappa shape index (κ3) is 1.85. The first kappa shape index (κ1) is 10.9. The van der Waals surface area contributed by atoms with Crippen molar-refractivity contribution in [2.24, 2.45) is 17.8 Å². The molecule has 1 N–H and O–H groups in total. The van der Waals surface area contributed by atoms with Gasteiger partial charge in [0.05, 0.1) is 0 Å². The van der Waals surface area contributed by atoms with Crippen molar-refractivity contribution < 1.29 is 4.79 Å². The molecule has 3 fully saturated rings. The SMILES string of the molecule is O=C(Nc1nnc(C2CC2)s1)[C@@H]1C[C@H]2CC[C@H]1C2. The molecular formula is C13H17N3OS. The van der Waals surface area contributed by atoms with E-state index in [1.165, 1.54) is 32.1 Å². The topological polar surface area (TPSA) is 54.9 Å². The van der Waals surface area contributed by atoms with Crippen molar-refractivity contribution in [3.63, 3.8) is 0 Å². The number of carbonyl (C=O) groups excluding carboxylic acids is 1. The average Bonchev–Trinajstić information content (AvgIpc) is 2.82. The molecule has 4 rings (SSSR count). The first-order valence-electron chi connectivity index (χ1n) is 6.94. The van der Waals surface area contributed by atoms with Gasteiger partial charge >= 0.3 is 0 Å². The van der Waals surface area contributed by atoms with Crippen LogP contribution in [0.2, 0.25) is 0 Å². The molecule has 3 saturated carbocycles. The second-order valence-electron chi connectivity index (χ2n) is 5.99. The van der Waals surface area contributed by atoms with Crippen LogP contribution in [0.5, 0.6) is 0 Å². The number of carbonyl (C=O) groups is 1. The van der Waals surface area contributed by atoms with Crippen molar-refractivity contribution in [3.05, 3.63) is 5.01 Å². The molecule has 1 heterocycles. The highest BCUT2D eigenvalue weighted by Gasteiger charge is 2.43. The van der Waals surface area contributed by atoms with Crippen LogP contribution in [-0.4, -0.2) is 16.1 Å². The van der Waals surface area contributed by atoms with Crippen LogP contribution in [0.25, 0.3) is 0 Å². The van der Waals surface area contributed by atoms with E-state index in [-0.39, 0.29) is 11.8 Å². The van der Waals surface area contributed by atoms with Gasteiger partial charge in [-0.1, -0.05) is 17.8 Å². The summed E-state index contributed by atoms with van der Waals surface area (Å²) in [6, 6.07) is 0. The molecule has 18 heavy (non-hydrogen) atoms. The summed E-state index contributed by atoms with van der Waals surface area (Å²) in [7, 11) is 0. The smallest absolute Gasteiger partial charge is 0.229 e. The van der Waals surface area contributed by atoms with Crippen LogP contribution in [0.1, 0.15) is 49.5 Å². The molecule has 0 spiro atoms. The molecule has 0 saturated heterocycles. The molecule has 0 unspecified atom stereocenters. The van der Waals surface area contributed by atoms with E-state index in [1.54, 1.807) is 11.3 Å². The summed E-state index contributed by atoms with van der Waals surface area (Å²) >= 11 is 1.56. The van der Waals surface area contributed by atoms with Crippen LogP contribution < -0.4 is 5.32 Å². The van der Waals surface area contributed by atoms with Gasteiger partial charge in [-0.25, -0.2) is 0 Å². The molecule has 0 aliphatic heterocycles. The number of rotatable bonds is 3. The highest BCUT2D eigenvalue weighted by molar-refractivity contribution is 7.15. The molecule has 0 aromatic carbocycles. The van der Waals surface area contributed by atoms with Crippen LogP contribution in [0.4, 0.5) is 5.13 Å².